The topological polar surface area (TPSA) is 24.9 Å². The Morgan fingerprint density at radius 3 is 2.76 bits per heavy atom. The zero-order chi connectivity index (χ0) is 12.4. The van der Waals surface area contributed by atoms with Crippen LogP contribution in [0.25, 0.3) is 0 Å². The van der Waals surface area contributed by atoms with Crippen LogP contribution in [0.3, 0.4) is 0 Å². The van der Waals surface area contributed by atoms with Crippen molar-refractivity contribution in [3.63, 3.8) is 0 Å². The first-order chi connectivity index (χ1) is 8.09. The third-order valence-electron chi connectivity index (χ3n) is 2.74. The second kappa shape index (κ2) is 5.07. The van der Waals surface area contributed by atoms with Crippen LogP contribution in [0.1, 0.15) is 29.1 Å². The SMILES string of the molecule is Cc1cccc(NC(C)c2scnc2C)c1Cl. The number of anilines is 1. The van der Waals surface area contributed by atoms with Crippen LogP contribution in [0.15, 0.2) is 23.7 Å². The van der Waals surface area contributed by atoms with Gasteiger partial charge in [-0.15, -0.1) is 11.3 Å². The molecule has 1 unspecified atom stereocenters. The molecule has 4 heteroatoms. The zero-order valence-electron chi connectivity index (χ0n) is 10.1. The van der Waals surface area contributed by atoms with Crippen LogP contribution >= 0.6 is 22.9 Å². The number of rotatable bonds is 3. The first-order valence-electron chi connectivity index (χ1n) is 5.51. The third kappa shape index (κ3) is 2.61. The van der Waals surface area contributed by atoms with Gasteiger partial charge in [0.1, 0.15) is 0 Å². The van der Waals surface area contributed by atoms with Gasteiger partial charge in [-0.2, -0.15) is 0 Å². The second-order valence-corrected chi connectivity index (χ2v) is 5.37. The molecular formula is C13H15ClN2S. The van der Waals surface area contributed by atoms with Crippen LogP contribution < -0.4 is 5.32 Å². The van der Waals surface area contributed by atoms with E-state index in [1.807, 2.05) is 37.6 Å². The number of nitrogens with one attached hydrogen (secondary N) is 1. The molecule has 0 aliphatic carbocycles. The highest BCUT2D eigenvalue weighted by atomic mass is 35.5. The lowest BCUT2D eigenvalue weighted by molar-refractivity contribution is 0.890. The average Bonchev–Trinajstić information content (AvgIpc) is 2.71. The smallest absolute Gasteiger partial charge is 0.0798 e. The Morgan fingerprint density at radius 1 is 1.35 bits per heavy atom. The van der Waals surface area contributed by atoms with Gasteiger partial charge in [0.15, 0.2) is 0 Å². The minimum atomic E-state index is 0.224. The zero-order valence-corrected chi connectivity index (χ0v) is 11.7. The Kier molecular flexibility index (Phi) is 3.69. The van der Waals surface area contributed by atoms with Crippen LogP contribution in [0, 0.1) is 13.8 Å². The van der Waals surface area contributed by atoms with Crippen molar-refractivity contribution in [2.24, 2.45) is 0 Å². The third-order valence-corrected chi connectivity index (χ3v) is 4.36. The van der Waals surface area contributed by atoms with Gasteiger partial charge in [0.25, 0.3) is 0 Å². The molecule has 90 valence electrons. The summed E-state index contributed by atoms with van der Waals surface area (Å²) in [6.45, 7) is 6.16. The van der Waals surface area contributed by atoms with E-state index >= 15 is 0 Å². The monoisotopic (exact) mass is 266 g/mol. The second-order valence-electron chi connectivity index (χ2n) is 4.10. The van der Waals surface area contributed by atoms with Gasteiger partial charge in [0, 0.05) is 4.88 Å². The van der Waals surface area contributed by atoms with E-state index in [9.17, 15) is 0 Å². The maximum Gasteiger partial charge on any atom is 0.0798 e. The molecule has 0 aliphatic rings. The quantitative estimate of drug-likeness (QED) is 0.879. The van der Waals surface area contributed by atoms with Crippen LogP contribution in [0.5, 0.6) is 0 Å². The van der Waals surface area contributed by atoms with E-state index < -0.39 is 0 Å². The predicted molar refractivity (Wildman–Crippen MR) is 75.1 cm³/mol. The van der Waals surface area contributed by atoms with E-state index in [0.717, 1.165) is 22.0 Å². The molecular weight excluding hydrogens is 252 g/mol. The number of aromatic nitrogens is 1. The average molecular weight is 267 g/mol. The summed E-state index contributed by atoms with van der Waals surface area (Å²) in [5.74, 6) is 0. The van der Waals surface area contributed by atoms with Crippen LogP contribution in [-0.2, 0) is 0 Å². The van der Waals surface area contributed by atoms with Crippen molar-refractivity contribution in [1.29, 1.82) is 0 Å². The highest BCUT2D eigenvalue weighted by Gasteiger charge is 2.12. The molecule has 0 bridgehead atoms. The van der Waals surface area contributed by atoms with Crippen LogP contribution in [0.2, 0.25) is 5.02 Å². The van der Waals surface area contributed by atoms with Gasteiger partial charge in [-0.3, -0.25) is 0 Å². The molecule has 1 heterocycles. The maximum atomic E-state index is 6.26. The molecule has 0 radical (unpaired) electrons. The summed E-state index contributed by atoms with van der Waals surface area (Å²) in [5.41, 5.74) is 5.02. The van der Waals surface area contributed by atoms with E-state index in [1.165, 1.54) is 4.88 Å². The van der Waals surface area contributed by atoms with Crippen molar-refractivity contribution in [2.45, 2.75) is 26.8 Å². The van der Waals surface area contributed by atoms with Gasteiger partial charge in [0.2, 0.25) is 0 Å². The van der Waals surface area contributed by atoms with Gasteiger partial charge in [0.05, 0.1) is 28.0 Å². The summed E-state index contributed by atoms with van der Waals surface area (Å²) < 4.78 is 0. The first kappa shape index (κ1) is 12.4. The van der Waals surface area contributed by atoms with Crippen LogP contribution in [-0.4, -0.2) is 4.98 Å². The van der Waals surface area contributed by atoms with E-state index in [0.29, 0.717) is 0 Å². The molecule has 1 aromatic carbocycles. The molecule has 1 N–H and O–H groups in total. The highest BCUT2D eigenvalue weighted by molar-refractivity contribution is 7.09. The fraction of sp³-hybridized carbons (Fsp3) is 0.308. The number of nitrogens with zero attached hydrogens (tertiary/aromatic N) is 1. The predicted octanol–water partition coefficient (Wildman–Crippen LogP) is 4.59. The molecule has 1 aromatic heterocycles. The lowest BCUT2D eigenvalue weighted by Gasteiger charge is -2.16. The molecule has 2 rings (SSSR count). The van der Waals surface area contributed by atoms with Crippen molar-refractivity contribution >= 4 is 28.6 Å². The normalized spacial score (nSPS) is 12.5. The van der Waals surface area contributed by atoms with Gasteiger partial charge in [-0.1, -0.05) is 23.7 Å². The van der Waals surface area contributed by atoms with E-state index in [-0.39, 0.29) is 6.04 Å². The number of thiazole rings is 1. The largest absolute Gasteiger partial charge is 0.376 e. The van der Waals surface area contributed by atoms with E-state index in [2.05, 4.69) is 17.2 Å². The molecule has 2 nitrogen and oxygen atoms in total. The number of benzene rings is 1. The highest BCUT2D eigenvalue weighted by Crippen LogP contribution is 2.30. The lowest BCUT2D eigenvalue weighted by Crippen LogP contribution is -2.07. The Labute approximate surface area is 111 Å². The Bertz CT molecular complexity index is 522. The molecule has 17 heavy (non-hydrogen) atoms. The number of hydrogen-bond donors (Lipinski definition) is 1. The minimum Gasteiger partial charge on any atom is -0.376 e. The van der Waals surface area contributed by atoms with E-state index in [1.54, 1.807) is 11.3 Å². The van der Waals surface area contributed by atoms with Gasteiger partial charge in [-0.25, -0.2) is 4.98 Å². The Hall–Kier alpha value is -1.06. The van der Waals surface area contributed by atoms with Gasteiger partial charge < -0.3 is 5.32 Å². The van der Waals surface area contributed by atoms with Gasteiger partial charge in [-0.05, 0) is 32.4 Å². The molecule has 0 spiro atoms. The lowest BCUT2D eigenvalue weighted by atomic mass is 10.2. The fourth-order valence-corrected chi connectivity index (χ4v) is 2.78. The molecule has 0 fully saturated rings. The number of halogens is 1. The minimum absolute atomic E-state index is 0.224. The first-order valence-corrected chi connectivity index (χ1v) is 6.77. The summed E-state index contributed by atoms with van der Waals surface area (Å²) in [5, 5.41) is 4.23. The fourth-order valence-electron chi connectivity index (χ4n) is 1.78. The van der Waals surface area contributed by atoms with Crippen LogP contribution in [0.4, 0.5) is 5.69 Å². The number of hydrogen-bond acceptors (Lipinski definition) is 3. The molecule has 0 saturated carbocycles. The van der Waals surface area contributed by atoms with Crippen molar-refractivity contribution in [2.75, 3.05) is 5.32 Å². The molecule has 2 aromatic rings. The van der Waals surface area contributed by atoms with Crippen molar-refractivity contribution in [3.8, 4) is 0 Å². The summed E-state index contributed by atoms with van der Waals surface area (Å²) in [4.78, 5) is 5.52. The van der Waals surface area contributed by atoms with Crippen molar-refractivity contribution < 1.29 is 0 Å². The Morgan fingerprint density at radius 2 is 2.12 bits per heavy atom. The summed E-state index contributed by atoms with van der Waals surface area (Å²) in [6, 6.07) is 6.25. The summed E-state index contributed by atoms with van der Waals surface area (Å²) >= 11 is 7.93. The molecule has 0 saturated heterocycles. The summed E-state index contributed by atoms with van der Waals surface area (Å²) in [6.07, 6.45) is 0. The standard InChI is InChI=1S/C13H15ClN2S/c1-8-5-4-6-11(12(8)14)16-10(3)13-9(2)15-7-17-13/h4-7,10,16H,1-3H3. The van der Waals surface area contributed by atoms with Crippen molar-refractivity contribution in [3.05, 3.63) is 44.9 Å². The summed E-state index contributed by atoms with van der Waals surface area (Å²) in [7, 11) is 0. The maximum absolute atomic E-state index is 6.26. The molecule has 0 amide bonds. The Balaban J connectivity index is 2.22. The molecule has 0 aliphatic heterocycles. The number of aryl methyl sites for hydroxylation is 2. The molecule has 1 atom stereocenters. The van der Waals surface area contributed by atoms with E-state index in [4.69, 9.17) is 11.6 Å². The van der Waals surface area contributed by atoms with Gasteiger partial charge >= 0.3 is 0 Å². The van der Waals surface area contributed by atoms with Crippen molar-refractivity contribution in [1.82, 2.24) is 4.98 Å².